The van der Waals surface area contributed by atoms with E-state index in [-0.39, 0.29) is 11.9 Å². The van der Waals surface area contributed by atoms with Crippen LogP contribution in [0.2, 0.25) is 5.02 Å². The lowest BCUT2D eigenvalue weighted by atomic mass is 10.1. The largest absolute Gasteiger partial charge is 0.399 e. The minimum atomic E-state index is -0.106. The summed E-state index contributed by atoms with van der Waals surface area (Å²) in [5.41, 5.74) is 7.97. The fourth-order valence-electron chi connectivity index (χ4n) is 2.04. The van der Waals surface area contributed by atoms with Gasteiger partial charge in [-0.25, -0.2) is 0 Å². The number of rotatable bonds is 3. The van der Waals surface area contributed by atoms with E-state index in [0.29, 0.717) is 16.3 Å². The second-order valence-electron chi connectivity index (χ2n) is 4.74. The fraction of sp³-hybridized carbons (Fsp3) is 0.188. The third-order valence-electron chi connectivity index (χ3n) is 3.40. The van der Waals surface area contributed by atoms with E-state index in [1.54, 1.807) is 36.2 Å². The number of nitrogens with two attached hydrogens (primary N) is 1. The molecule has 0 aliphatic rings. The van der Waals surface area contributed by atoms with E-state index in [4.69, 9.17) is 17.3 Å². The number of carbonyl (C=O) groups is 1. The SMILES string of the molecule is CC(c1cccc(N)c1)N(C)C(=O)c1ccccc1Cl. The smallest absolute Gasteiger partial charge is 0.255 e. The summed E-state index contributed by atoms with van der Waals surface area (Å²) in [6, 6.07) is 14.5. The van der Waals surface area contributed by atoms with Crippen molar-refractivity contribution in [3.05, 3.63) is 64.7 Å². The molecule has 1 unspecified atom stereocenters. The van der Waals surface area contributed by atoms with Crippen LogP contribution >= 0.6 is 11.6 Å². The van der Waals surface area contributed by atoms with Crippen LogP contribution < -0.4 is 5.73 Å². The maximum absolute atomic E-state index is 12.5. The Morgan fingerprint density at radius 3 is 2.55 bits per heavy atom. The van der Waals surface area contributed by atoms with Gasteiger partial charge in [-0.2, -0.15) is 0 Å². The Balaban J connectivity index is 2.25. The minimum absolute atomic E-state index is 0.0812. The molecule has 0 radical (unpaired) electrons. The van der Waals surface area contributed by atoms with Crippen molar-refractivity contribution in [1.29, 1.82) is 0 Å². The molecule has 0 saturated carbocycles. The Labute approximate surface area is 124 Å². The average Bonchev–Trinajstić information content (AvgIpc) is 2.45. The molecule has 1 amide bonds. The van der Waals surface area contributed by atoms with Crippen molar-refractivity contribution in [2.45, 2.75) is 13.0 Å². The van der Waals surface area contributed by atoms with Crippen molar-refractivity contribution >= 4 is 23.2 Å². The molecular weight excluding hydrogens is 272 g/mol. The molecule has 0 fully saturated rings. The van der Waals surface area contributed by atoms with E-state index in [0.717, 1.165) is 5.56 Å². The number of hydrogen-bond acceptors (Lipinski definition) is 2. The molecule has 0 aromatic heterocycles. The number of nitrogens with zero attached hydrogens (tertiary/aromatic N) is 1. The monoisotopic (exact) mass is 288 g/mol. The quantitative estimate of drug-likeness (QED) is 0.874. The Morgan fingerprint density at radius 2 is 1.90 bits per heavy atom. The highest BCUT2D eigenvalue weighted by molar-refractivity contribution is 6.33. The van der Waals surface area contributed by atoms with E-state index in [1.165, 1.54) is 0 Å². The summed E-state index contributed by atoms with van der Waals surface area (Å²) >= 11 is 6.07. The lowest BCUT2D eigenvalue weighted by Gasteiger charge is -2.26. The Bertz CT molecular complexity index is 627. The molecule has 0 heterocycles. The van der Waals surface area contributed by atoms with Crippen LogP contribution in [0.15, 0.2) is 48.5 Å². The van der Waals surface area contributed by atoms with Gasteiger partial charge in [0.15, 0.2) is 0 Å². The van der Waals surface area contributed by atoms with E-state index >= 15 is 0 Å². The molecular formula is C16H17ClN2O. The van der Waals surface area contributed by atoms with Gasteiger partial charge in [0.05, 0.1) is 16.6 Å². The van der Waals surface area contributed by atoms with Gasteiger partial charge in [-0.15, -0.1) is 0 Å². The van der Waals surface area contributed by atoms with Gasteiger partial charge in [-0.05, 0) is 36.8 Å². The van der Waals surface area contributed by atoms with Gasteiger partial charge in [0.25, 0.3) is 5.91 Å². The van der Waals surface area contributed by atoms with Crippen LogP contribution in [0.5, 0.6) is 0 Å². The lowest BCUT2D eigenvalue weighted by molar-refractivity contribution is 0.0743. The topological polar surface area (TPSA) is 46.3 Å². The normalized spacial score (nSPS) is 11.9. The number of hydrogen-bond donors (Lipinski definition) is 1. The molecule has 3 nitrogen and oxygen atoms in total. The first-order valence-electron chi connectivity index (χ1n) is 6.38. The van der Waals surface area contributed by atoms with Crippen LogP contribution in [0.25, 0.3) is 0 Å². The van der Waals surface area contributed by atoms with Crippen LogP contribution in [0.1, 0.15) is 28.9 Å². The second kappa shape index (κ2) is 5.97. The first-order chi connectivity index (χ1) is 9.50. The highest BCUT2D eigenvalue weighted by Crippen LogP contribution is 2.24. The minimum Gasteiger partial charge on any atom is -0.399 e. The van der Waals surface area contributed by atoms with Crippen LogP contribution in [-0.4, -0.2) is 17.9 Å². The molecule has 2 aromatic rings. The van der Waals surface area contributed by atoms with Gasteiger partial charge < -0.3 is 10.6 Å². The van der Waals surface area contributed by atoms with Crippen LogP contribution in [0.3, 0.4) is 0 Å². The van der Waals surface area contributed by atoms with Crippen LogP contribution in [-0.2, 0) is 0 Å². The van der Waals surface area contributed by atoms with Gasteiger partial charge in [-0.3, -0.25) is 4.79 Å². The van der Waals surface area contributed by atoms with Gasteiger partial charge >= 0.3 is 0 Å². The second-order valence-corrected chi connectivity index (χ2v) is 5.15. The van der Waals surface area contributed by atoms with E-state index in [2.05, 4.69) is 0 Å². The molecule has 1 atom stereocenters. The van der Waals surface area contributed by atoms with Gasteiger partial charge in [0.2, 0.25) is 0 Å². The molecule has 2 aromatic carbocycles. The molecule has 0 saturated heterocycles. The van der Waals surface area contributed by atoms with E-state index in [1.807, 2.05) is 31.2 Å². The number of amides is 1. The number of anilines is 1. The molecule has 104 valence electrons. The molecule has 20 heavy (non-hydrogen) atoms. The molecule has 2 N–H and O–H groups in total. The van der Waals surface area contributed by atoms with Crippen LogP contribution in [0.4, 0.5) is 5.69 Å². The number of benzene rings is 2. The summed E-state index contributed by atoms with van der Waals surface area (Å²) in [4.78, 5) is 14.1. The Hall–Kier alpha value is -2.00. The Kier molecular flexibility index (Phi) is 4.30. The summed E-state index contributed by atoms with van der Waals surface area (Å²) in [6.07, 6.45) is 0. The number of carbonyl (C=O) groups excluding carboxylic acids is 1. The van der Waals surface area contributed by atoms with E-state index < -0.39 is 0 Å². The maximum Gasteiger partial charge on any atom is 0.255 e. The first kappa shape index (κ1) is 14.4. The van der Waals surface area contributed by atoms with Crippen molar-refractivity contribution < 1.29 is 4.79 Å². The highest BCUT2D eigenvalue weighted by Gasteiger charge is 2.20. The molecule has 0 aliphatic carbocycles. The zero-order valence-electron chi connectivity index (χ0n) is 11.5. The summed E-state index contributed by atoms with van der Waals surface area (Å²) in [5, 5.41) is 0.462. The molecule has 0 aliphatic heterocycles. The van der Waals surface area contributed by atoms with E-state index in [9.17, 15) is 4.79 Å². The fourth-order valence-corrected chi connectivity index (χ4v) is 2.26. The molecule has 2 rings (SSSR count). The summed E-state index contributed by atoms with van der Waals surface area (Å²) in [7, 11) is 1.76. The van der Waals surface area contributed by atoms with Gasteiger partial charge in [-0.1, -0.05) is 35.9 Å². The number of halogens is 1. The van der Waals surface area contributed by atoms with Gasteiger partial charge in [0.1, 0.15) is 0 Å². The third kappa shape index (κ3) is 2.94. The summed E-state index contributed by atoms with van der Waals surface area (Å²) in [6.45, 7) is 1.96. The molecule has 0 spiro atoms. The average molecular weight is 289 g/mol. The predicted octanol–water partition coefficient (Wildman–Crippen LogP) is 3.76. The summed E-state index contributed by atoms with van der Waals surface area (Å²) in [5.74, 6) is -0.106. The lowest BCUT2D eigenvalue weighted by Crippen LogP contribution is -2.29. The number of nitrogen functional groups attached to an aromatic ring is 1. The molecule has 0 bridgehead atoms. The van der Waals surface area contributed by atoms with Crippen molar-refractivity contribution in [2.24, 2.45) is 0 Å². The van der Waals surface area contributed by atoms with Crippen molar-refractivity contribution in [3.8, 4) is 0 Å². The zero-order chi connectivity index (χ0) is 14.7. The molecule has 4 heteroatoms. The van der Waals surface area contributed by atoms with Crippen molar-refractivity contribution in [1.82, 2.24) is 4.90 Å². The maximum atomic E-state index is 12.5. The van der Waals surface area contributed by atoms with Gasteiger partial charge in [0, 0.05) is 12.7 Å². The Morgan fingerprint density at radius 1 is 1.20 bits per heavy atom. The third-order valence-corrected chi connectivity index (χ3v) is 3.73. The van der Waals surface area contributed by atoms with Crippen LogP contribution in [0, 0.1) is 0 Å². The summed E-state index contributed by atoms with van der Waals surface area (Å²) < 4.78 is 0. The predicted molar refractivity (Wildman–Crippen MR) is 82.8 cm³/mol. The standard InChI is InChI=1S/C16H17ClN2O/c1-11(12-6-5-7-13(18)10-12)19(2)16(20)14-8-3-4-9-15(14)17/h3-11H,18H2,1-2H3. The van der Waals surface area contributed by atoms with Crippen molar-refractivity contribution in [2.75, 3.05) is 12.8 Å². The zero-order valence-corrected chi connectivity index (χ0v) is 12.3. The highest BCUT2D eigenvalue weighted by atomic mass is 35.5. The first-order valence-corrected chi connectivity index (χ1v) is 6.75. The van der Waals surface area contributed by atoms with Crippen molar-refractivity contribution in [3.63, 3.8) is 0 Å².